The van der Waals surface area contributed by atoms with Gasteiger partial charge in [-0.25, -0.2) is 0 Å². The second kappa shape index (κ2) is 7.47. The van der Waals surface area contributed by atoms with Gasteiger partial charge in [0, 0.05) is 0 Å². The number of carbonyl (C=O) groups is 1. The van der Waals surface area contributed by atoms with Gasteiger partial charge in [0.05, 0.1) is 6.54 Å². The Morgan fingerprint density at radius 3 is 2.76 bits per heavy atom. The van der Waals surface area contributed by atoms with Crippen molar-refractivity contribution in [3.63, 3.8) is 0 Å². The summed E-state index contributed by atoms with van der Waals surface area (Å²) in [6.45, 7) is 6.51. The third kappa shape index (κ3) is 4.24. The van der Waals surface area contributed by atoms with Crippen LogP contribution in [0.5, 0.6) is 17.2 Å². The molecule has 2 aromatic carbocycles. The lowest BCUT2D eigenvalue weighted by molar-refractivity contribution is -0.127. The zero-order valence-electron chi connectivity index (χ0n) is 14.7. The first-order chi connectivity index (χ1) is 12.0. The molecule has 1 aliphatic rings. The summed E-state index contributed by atoms with van der Waals surface area (Å²) in [6.07, 6.45) is -0.801. The first kappa shape index (κ1) is 17.1. The molecule has 5 heteroatoms. The van der Waals surface area contributed by atoms with E-state index in [0.29, 0.717) is 18.9 Å². The van der Waals surface area contributed by atoms with Gasteiger partial charge in [-0.05, 0) is 44.5 Å². The Kier molecular flexibility index (Phi) is 5.12. The van der Waals surface area contributed by atoms with Gasteiger partial charge in [0.2, 0.25) is 0 Å². The second-order valence-electron chi connectivity index (χ2n) is 6.27. The molecule has 25 heavy (non-hydrogen) atoms. The summed E-state index contributed by atoms with van der Waals surface area (Å²) < 4.78 is 17.2. The summed E-state index contributed by atoms with van der Waals surface area (Å²) in [5, 5.41) is 2.87. The van der Waals surface area contributed by atoms with Crippen molar-refractivity contribution in [3.8, 4) is 17.2 Å². The maximum atomic E-state index is 12.3. The van der Waals surface area contributed by atoms with E-state index in [2.05, 4.69) is 5.32 Å². The molecular formula is C20H23NO4. The molecule has 1 heterocycles. The Bertz CT molecular complexity index is 759. The van der Waals surface area contributed by atoms with Gasteiger partial charge in [0.1, 0.15) is 18.5 Å². The molecule has 1 aliphatic heterocycles. The van der Waals surface area contributed by atoms with Crippen LogP contribution in [0.25, 0.3) is 0 Å². The Balaban J connectivity index is 1.51. The van der Waals surface area contributed by atoms with Crippen LogP contribution in [0.4, 0.5) is 0 Å². The number of hydrogen-bond donors (Lipinski definition) is 1. The number of rotatable bonds is 5. The number of aryl methyl sites for hydroxylation is 2. The number of ether oxygens (including phenoxy) is 3. The van der Waals surface area contributed by atoms with Crippen LogP contribution >= 0.6 is 0 Å². The normalized spacial score (nSPS) is 16.8. The number of benzene rings is 2. The highest BCUT2D eigenvalue weighted by Crippen LogP contribution is 2.30. The topological polar surface area (TPSA) is 56.8 Å². The average molecular weight is 341 g/mol. The molecule has 0 aliphatic carbocycles. The van der Waals surface area contributed by atoms with Gasteiger partial charge in [-0.3, -0.25) is 4.79 Å². The van der Waals surface area contributed by atoms with Crippen molar-refractivity contribution < 1.29 is 19.0 Å². The minimum absolute atomic E-state index is 0.178. The minimum atomic E-state index is -0.585. The van der Waals surface area contributed by atoms with Crippen molar-refractivity contribution in [1.29, 1.82) is 0 Å². The number of nitrogens with one attached hydrogen (secondary N) is 1. The lowest BCUT2D eigenvalue weighted by atomic mass is 10.1. The second-order valence-corrected chi connectivity index (χ2v) is 6.27. The SMILES string of the molecule is Cc1ccc(O[C@@H](C)C(=O)NC[C@H]2COc3ccccc3O2)c(C)c1. The first-order valence-electron chi connectivity index (χ1n) is 8.43. The summed E-state index contributed by atoms with van der Waals surface area (Å²) in [4.78, 5) is 12.3. The van der Waals surface area contributed by atoms with Crippen LogP contribution in [-0.4, -0.2) is 31.3 Å². The van der Waals surface area contributed by atoms with Gasteiger partial charge >= 0.3 is 0 Å². The van der Waals surface area contributed by atoms with Gasteiger partial charge in [0.25, 0.3) is 5.91 Å². The van der Waals surface area contributed by atoms with E-state index in [1.165, 1.54) is 0 Å². The molecule has 0 unspecified atom stereocenters. The molecule has 132 valence electrons. The predicted molar refractivity (Wildman–Crippen MR) is 95.4 cm³/mol. The van der Waals surface area contributed by atoms with Gasteiger partial charge in [-0.15, -0.1) is 0 Å². The predicted octanol–water partition coefficient (Wildman–Crippen LogP) is 3.03. The molecule has 0 aromatic heterocycles. The lowest BCUT2D eigenvalue weighted by Gasteiger charge is -2.27. The number of amides is 1. The van der Waals surface area contributed by atoms with E-state index in [1.54, 1.807) is 6.92 Å². The van der Waals surface area contributed by atoms with Crippen LogP contribution in [0.15, 0.2) is 42.5 Å². The Morgan fingerprint density at radius 1 is 1.24 bits per heavy atom. The number of carbonyl (C=O) groups excluding carboxylic acids is 1. The molecule has 0 spiro atoms. The van der Waals surface area contributed by atoms with E-state index in [4.69, 9.17) is 14.2 Å². The van der Waals surface area contributed by atoms with Crippen LogP contribution in [-0.2, 0) is 4.79 Å². The fourth-order valence-corrected chi connectivity index (χ4v) is 2.70. The highest BCUT2D eigenvalue weighted by atomic mass is 16.6. The monoisotopic (exact) mass is 341 g/mol. The Morgan fingerprint density at radius 2 is 2.00 bits per heavy atom. The summed E-state index contributed by atoms with van der Waals surface area (Å²) in [6, 6.07) is 13.4. The van der Waals surface area contributed by atoms with Gasteiger partial charge in [-0.2, -0.15) is 0 Å². The smallest absolute Gasteiger partial charge is 0.260 e. The Hall–Kier alpha value is -2.69. The standard InChI is InChI=1S/C20H23NO4/c1-13-8-9-17(14(2)10-13)24-15(3)20(22)21-11-16-12-23-18-6-4-5-7-19(18)25-16/h4-10,15-16H,11-12H2,1-3H3,(H,21,22)/t15-,16-/m0/s1. The lowest BCUT2D eigenvalue weighted by Crippen LogP contribution is -2.44. The highest BCUT2D eigenvalue weighted by Gasteiger charge is 2.23. The van der Waals surface area contributed by atoms with Crippen molar-refractivity contribution in [1.82, 2.24) is 5.32 Å². The van der Waals surface area contributed by atoms with E-state index in [0.717, 1.165) is 22.6 Å². The van der Waals surface area contributed by atoms with Crippen LogP contribution < -0.4 is 19.5 Å². The van der Waals surface area contributed by atoms with Crippen LogP contribution in [0, 0.1) is 13.8 Å². The Labute approximate surface area is 147 Å². The molecule has 2 aromatic rings. The van der Waals surface area contributed by atoms with Crippen molar-refractivity contribution in [3.05, 3.63) is 53.6 Å². The van der Waals surface area contributed by atoms with Crippen molar-refractivity contribution in [2.45, 2.75) is 33.0 Å². The zero-order valence-corrected chi connectivity index (χ0v) is 14.7. The number of para-hydroxylation sites is 2. The summed E-state index contributed by atoms with van der Waals surface area (Å²) in [5.74, 6) is 1.98. The third-order valence-corrected chi connectivity index (χ3v) is 4.07. The maximum Gasteiger partial charge on any atom is 0.260 e. The summed E-state index contributed by atoms with van der Waals surface area (Å²) in [5.41, 5.74) is 2.18. The maximum absolute atomic E-state index is 12.3. The quantitative estimate of drug-likeness (QED) is 0.908. The fraction of sp³-hybridized carbons (Fsp3) is 0.350. The summed E-state index contributed by atoms with van der Waals surface area (Å²) in [7, 11) is 0. The van der Waals surface area contributed by atoms with E-state index < -0.39 is 6.10 Å². The molecular weight excluding hydrogens is 318 g/mol. The van der Waals surface area contributed by atoms with Gasteiger partial charge in [-0.1, -0.05) is 29.8 Å². The average Bonchev–Trinajstić information content (AvgIpc) is 2.61. The molecule has 0 saturated heterocycles. The zero-order chi connectivity index (χ0) is 17.8. The summed E-state index contributed by atoms with van der Waals surface area (Å²) >= 11 is 0. The van der Waals surface area contributed by atoms with E-state index in [1.807, 2.05) is 56.3 Å². The van der Waals surface area contributed by atoms with Crippen LogP contribution in [0.1, 0.15) is 18.1 Å². The molecule has 0 bridgehead atoms. The minimum Gasteiger partial charge on any atom is -0.486 e. The van der Waals surface area contributed by atoms with Crippen molar-refractivity contribution in [2.75, 3.05) is 13.2 Å². The van der Waals surface area contributed by atoms with Crippen LogP contribution in [0.2, 0.25) is 0 Å². The molecule has 1 N–H and O–H groups in total. The molecule has 1 amide bonds. The molecule has 0 radical (unpaired) electrons. The molecule has 0 saturated carbocycles. The van der Waals surface area contributed by atoms with Gasteiger partial charge in [0.15, 0.2) is 17.6 Å². The van der Waals surface area contributed by atoms with Crippen molar-refractivity contribution >= 4 is 5.91 Å². The van der Waals surface area contributed by atoms with Gasteiger partial charge < -0.3 is 19.5 Å². The van der Waals surface area contributed by atoms with E-state index >= 15 is 0 Å². The van der Waals surface area contributed by atoms with Crippen LogP contribution in [0.3, 0.4) is 0 Å². The molecule has 5 nitrogen and oxygen atoms in total. The van der Waals surface area contributed by atoms with E-state index in [-0.39, 0.29) is 12.0 Å². The molecule has 0 fully saturated rings. The highest BCUT2D eigenvalue weighted by molar-refractivity contribution is 5.80. The number of hydrogen-bond acceptors (Lipinski definition) is 4. The van der Waals surface area contributed by atoms with E-state index in [9.17, 15) is 4.79 Å². The largest absolute Gasteiger partial charge is 0.486 e. The molecule has 2 atom stereocenters. The molecule has 3 rings (SSSR count). The number of fused-ring (bicyclic) bond motifs is 1. The fourth-order valence-electron chi connectivity index (χ4n) is 2.70. The first-order valence-corrected chi connectivity index (χ1v) is 8.43. The third-order valence-electron chi connectivity index (χ3n) is 4.07. The van der Waals surface area contributed by atoms with Crippen molar-refractivity contribution in [2.24, 2.45) is 0 Å².